The number of allylic oxidation sites excluding steroid dienone is 3. The number of nitrogens with one attached hydrogen (secondary N) is 1. The number of methoxy groups -OCH3 is 1. The number of rotatable bonds is 6. The molecule has 2 aliphatic rings. The summed E-state index contributed by atoms with van der Waals surface area (Å²) in [7, 11) is 5.58. The number of carbonyl (C=O) groups excluding carboxylic acids is 2. The van der Waals surface area contributed by atoms with Crippen molar-refractivity contribution in [3.63, 3.8) is 0 Å². The molecule has 35 heavy (non-hydrogen) atoms. The van der Waals surface area contributed by atoms with E-state index in [0.717, 1.165) is 34.0 Å². The van der Waals surface area contributed by atoms with E-state index in [1.54, 1.807) is 7.11 Å². The summed E-state index contributed by atoms with van der Waals surface area (Å²) in [6.07, 6.45) is 2.57. The molecule has 0 radical (unpaired) electrons. The molecule has 2 atom stereocenters. The number of hydrogen-bond donors (Lipinski definition) is 1. The van der Waals surface area contributed by atoms with Gasteiger partial charge in [0.05, 0.1) is 18.6 Å². The fourth-order valence-corrected chi connectivity index (χ4v) is 5.02. The Morgan fingerprint density at radius 2 is 1.71 bits per heavy atom. The zero-order valence-corrected chi connectivity index (χ0v) is 21.3. The molecule has 2 aromatic rings. The standard InChI is InChI=1S/C29H34N2O4/c1-18-25(28(33)35-17-19-7-13-22(34-6)14-8-19)26(20-9-11-21(12-10-20)31(4)5)27-23(30-18)15-29(2,3)16-24(27)32/h7-15,26-27,30H,16-17H2,1-6H3. The summed E-state index contributed by atoms with van der Waals surface area (Å²) >= 11 is 0. The highest BCUT2D eigenvalue weighted by atomic mass is 16.5. The fourth-order valence-electron chi connectivity index (χ4n) is 5.02. The van der Waals surface area contributed by atoms with Crippen LogP contribution in [0.4, 0.5) is 5.69 Å². The lowest BCUT2D eigenvalue weighted by Gasteiger charge is -2.41. The molecular weight excluding hydrogens is 440 g/mol. The molecule has 0 saturated heterocycles. The predicted molar refractivity (Wildman–Crippen MR) is 137 cm³/mol. The Balaban J connectivity index is 1.70. The van der Waals surface area contributed by atoms with Crippen LogP contribution in [0.2, 0.25) is 0 Å². The molecule has 0 aromatic heterocycles. The van der Waals surface area contributed by atoms with Crippen LogP contribution in [0.5, 0.6) is 5.75 Å². The van der Waals surface area contributed by atoms with Gasteiger partial charge in [0.15, 0.2) is 0 Å². The third-order valence-corrected chi connectivity index (χ3v) is 6.76. The highest BCUT2D eigenvalue weighted by molar-refractivity contribution is 5.96. The van der Waals surface area contributed by atoms with Gasteiger partial charge in [-0.15, -0.1) is 0 Å². The Morgan fingerprint density at radius 1 is 1.06 bits per heavy atom. The van der Waals surface area contributed by atoms with Crippen molar-refractivity contribution < 1.29 is 19.1 Å². The van der Waals surface area contributed by atoms with Crippen LogP contribution in [0.15, 0.2) is 71.6 Å². The van der Waals surface area contributed by atoms with E-state index < -0.39 is 17.8 Å². The van der Waals surface area contributed by atoms with Gasteiger partial charge in [-0.05, 0) is 47.7 Å². The van der Waals surface area contributed by atoms with Crippen molar-refractivity contribution in [3.8, 4) is 5.75 Å². The number of Topliss-reactive ketones (excluding diaryl/α,β-unsaturated/α-hetero) is 1. The Hall–Kier alpha value is -3.54. The number of ketones is 1. The van der Waals surface area contributed by atoms with Crippen LogP contribution in [0, 0.1) is 11.3 Å². The average molecular weight is 475 g/mol. The maximum atomic E-state index is 13.5. The van der Waals surface area contributed by atoms with Crippen LogP contribution in [0.3, 0.4) is 0 Å². The summed E-state index contributed by atoms with van der Waals surface area (Å²) in [6.45, 7) is 6.15. The van der Waals surface area contributed by atoms with E-state index in [-0.39, 0.29) is 17.8 Å². The minimum absolute atomic E-state index is 0.134. The second-order valence-electron chi connectivity index (χ2n) is 10.3. The maximum absolute atomic E-state index is 13.5. The van der Waals surface area contributed by atoms with Crippen LogP contribution in [0.25, 0.3) is 0 Å². The van der Waals surface area contributed by atoms with Gasteiger partial charge in [0, 0.05) is 43.5 Å². The van der Waals surface area contributed by atoms with Crippen LogP contribution in [-0.4, -0.2) is 33.0 Å². The molecule has 4 rings (SSSR count). The Labute approximate surface area is 207 Å². The van der Waals surface area contributed by atoms with Crippen LogP contribution < -0.4 is 15.0 Å². The van der Waals surface area contributed by atoms with E-state index in [9.17, 15) is 9.59 Å². The van der Waals surface area contributed by atoms with Crippen molar-refractivity contribution in [1.29, 1.82) is 0 Å². The molecule has 0 amide bonds. The van der Waals surface area contributed by atoms with E-state index in [0.29, 0.717) is 12.0 Å². The van der Waals surface area contributed by atoms with Gasteiger partial charge in [0.25, 0.3) is 0 Å². The minimum atomic E-state index is -0.444. The van der Waals surface area contributed by atoms with Gasteiger partial charge in [-0.1, -0.05) is 44.2 Å². The molecule has 2 unspecified atom stereocenters. The number of carbonyl (C=O) groups is 2. The van der Waals surface area contributed by atoms with Gasteiger partial charge in [-0.2, -0.15) is 0 Å². The van der Waals surface area contributed by atoms with E-state index in [2.05, 4.69) is 25.2 Å². The average Bonchev–Trinajstić information content (AvgIpc) is 2.81. The number of ether oxygens (including phenoxy) is 2. The molecular formula is C29H34N2O4. The topological polar surface area (TPSA) is 67.9 Å². The van der Waals surface area contributed by atoms with Crippen molar-refractivity contribution in [1.82, 2.24) is 5.32 Å². The van der Waals surface area contributed by atoms with Gasteiger partial charge in [0.1, 0.15) is 18.1 Å². The lowest BCUT2D eigenvalue weighted by atomic mass is 9.66. The van der Waals surface area contributed by atoms with Crippen LogP contribution in [-0.2, 0) is 20.9 Å². The SMILES string of the molecule is COc1ccc(COC(=O)C2=C(C)NC3=CC(C)(C)CC(=O)C3C2c2ccc(N(C)C)cc2)cc1. The minimum Gasteiger partial charge on any atom is -0.497 e. The molecule has 0 saturated carbocycles. The highest BCUT2D eigenvalue weighted by Gasteiger charge is 2.46. The van der Waals surface area contributed by atoms with Crippen LogP contribution >= 0.6 is 0 Å². The van der Waals surface area contributed by atoms with E-state index in [1.807, 2.05) is 74.4 Å². The summed E-state index contributed by atoms with van der Waals surface area (Å²) in [5.41, 5.74) is 4.71. The molecule has 1 aliphatic carbocycles. The van der Waals surface area contributed by atoms with Gasteiger partial charge in [-0.3, -0.25) is 4.79 Å². The molecule has 6 heteroatoms. The molecule has 6 nitrogen and oxygen atoms in total. The second kappa shape index (κ2) is 9.61. The maximum Gasteiger partial charge on any atom is 0.336 e. The van der Waals surface area contributed by atoms with Crippen molar-refractivity contribution in [2.75, 3.05) is 26.1 Å². The zero-order valence-electron chi connectivity index (χ0n) is 21.3. The normalized spacial score (nSPS) is 21.0. The lowest BCUT2D eigenvalue weighted by Crippen LogP contribution is -2.43. The molecule has 0 bridgehead atoms. The van der Waals surface area contributed by atoms with Crippen molar-refractivity contribution >= 4 is 17.4 Å². The quantitative estimate of drug-likeness (QED) is 0.597. The first-order chi connectivity index (χ1) is 16.6. The van der Waals surface area contributed by atoms with Gasteiger partial charge >= 0.3 is 5.97 Å². The second-order valence-corrected chi connectivity index (χ2v) is 10.3. The monoisotopic (exact) mass is 474 g/mol. The Morgan fingerprint density at radius 3 is 2.31 bits per heavy atom. The first-order valence-corrected chi connectivity index (χ1v) is 11.9. The molecule has 1 N–H and O–H groups in total. The van der Waals surface area contributed by atoms with Crippen molar-refractivity contribution in [3.05, 3.63) is 82.7 Å². The third-order valence-electron chi connectivity index (χ3n) is 6.76. The summed E-state index contributed by atoms with van der Waals surface area (Å²) in [6, 6.07) is 15.5. The molecule has 2 aromatic carbocycles. The van der Waals surface area contributed by atoms with Crippen molar-refractivity contribution in [2.24, 2.45) is 11.3 Å². The zero-order chi connectivity index (χ0) is 25.3. The number of nitrogens with zero attached hydrogens (tertiary/aromatic N) is 1. The molecule has 184 valence electrons. The number of anilines is 1. The number of esters is 1. The number of hydrogen-bond acceptors (Lipinski definition) is 6. The molecule has 1 heterocycles. The molecule has 0 fully saturated rings. The third kappa shape index (κ3) is 5.11. The highest BCUT2D eigenvalue weighted by Crippen LogP contribution is 2.47. The summed E-state index contributed by atoms with van der Waals surface area (Å²) in [5.74, 6) is -0.389. The predicted octanol–water partition coefficient (Wildman–Crippen LogP) is 4.96. The van der Waals surface area contributed by atoms with E-state index >= 15 is 0 Å². The number of benzene rings is 2. The summed E-state index contributed by atoms with van der Waals surface area (Å²) in [5, 5.41) is 3.37. The smallest absolute Gasteiger partial charge is 0.336 e. The van der Waals surface area contributed by atoms with E-state index in [1.165, 1.54) is 0 Å². The van der Waals surface area contributed by atoms with Crippen LogP contribution in [0.1, 0.15) is 44.2 Å². The summed E-state index contributed by atoms with van der Waals surface area (Å²) in [4.78, 5) is 29.0. The first-order valence-electron chi connectivity index (χ1n) is 11.9. The fraction of sp³-hybridized carbons (Fsp3) is 0.379. The summed E-state index contributed by atoms with van der Waals surface area (Å²) < 4.78 is 11.0. The number of fused-ring (bicyclic) bond motifs is 1. The van der Waals surface area contributed by atoms with Gasteiger partial charge in [0.2, 0.25) is 0 Å². The van der Waals surface area contributed by atoms with E-state index in [4.69, 9.17) is 9.47 Å². The lowest BCUT2D eigenvalue weighted by molar-refractivity contribution is -0.141. The Bertz CT molecular complexity index is 1170. The largest absolute Gasteiger partial charge is 0.497 e. The van der Waals surface area contributed by atoms with Crippen molar-refractivity contribution in [2.45, 2.75) is 39.7 Å². The van der Waals surface area contributed by atoms with Gasteiger partial charge < -0.3 is 19.7 Å². The van der Waals surface area contributed by atoms with Gasteiger partial charge in [-0.25, -0.2) is 4.79 Å². The molecule has 1 aliphatic heterocycles. The first kappa shape index (κ1) is 24.6. The Kier molecular flexibility index (Phi) is 6.75. The molecule has 0 spiro atoms.